The number of pyridine rings is 1. The quantitative estimate of drug-likeness (QED) is 0.689. The van der Waals surface area contributed by atoms with Crippen molar-refractivity contribution in [2.24, 2.45) is 0 Å². The average Bonchev–Trinajstić information content (AvgIpc) is 2.37. The van der Waals surface area contributed by atoms with Crippen LogP contribution in [0.15, 0.2) is 30.3 Å². The summed E-state index contributed by atoms with van der Waals surface area (Å²) in [5.41, 5.74) is 5.94. The van der Waals surface area contributed by atoms with Gasteiger partial charge in [0.25, 0.3) is 5.69 Å². The molecule has 8 heteroatoms. The molecule has 0 aliphatic heterocycles. The van der Waals surface area contributed by atoms with Gasteiger partial charge >= 0.3 is 0 Å². The first-order valence-corrected chi connectivity index (χ1v) is 6.20. The number of rotatable bonds is 4. The van der Waals surface area contributed by atoms with Gasteiger partial charge in [-0.1, -0.05) is 29.3 Å². The predicted molar refractivity (Wildman–Crippen MR) is 76.1 cm³/mol. The Hall–Kier alpha value is -2.05. The van der Waals surface area contributed by atoms with Crippen molar-refractivity contribution < 1.29 is 9.66 Å². The van der Waals surface area contributed by atoms with Crippen LogP contribution in [0, 0.1) is 10.1 Å². The van der Waals surface area contributed by atoms with E-state index in [-0.39, 0.29) is 28.1 Å². The summed E-state index contributed by atoms with van der Waals surface area (Å²) in [6.07, 6.45) is 0. The lowest BCUT2D eigenvalue weighted by atomic mass is 10.3. The Labute approximate surface area is 124 Å². The maximum atomic E-state index is 10.7. The van der Waals surface area contributed by atoms with E-state index in [1.807, 2.05) is 0 Å². The summed E-state index contributed by atoms with van der Waals surface area (Å²) in [7, 11) is 0. The van der Waals surface area contributed by atoms with Crippen molar-refractivity contribution in [2.45, 2.75) is 6.61 Å². The van der Waals surface area contributed by atoms with E-state index in [0.29, 0.717) is 11.5 Å². The molecule has 104 valence electrons. The molecule has 0 unspecified atom stereocenters. The van der Waals surface area contributed by atoms with Gasteiger partial charge in [-0.05, 0) is 12.1 Å². The molecule has 0 saturated heterocycles. The number of nitrogens with two attached hydrogens (primary N) is 1. The molecule has 0 spiro atoms. The molecule has 1 aromatic heterocycles. The highest BCUT2D eigenvalue weighted by Gasteiger charge is 2.16. The Kier molecular flexibility index (Phi) is 4.26. The molecule has 2 rings (SSSR count). The van der Waals surface area contributed by atoms with Gasteiger partial charge in [-0.25, -0.2) is 4.98 Å². The zero-order valence-electron chi connectivity index (χ0n) is 10.0. The first-order chi connectivity index (χ1) is 9.47. The summed E-state index contributed by atoms with van der Waals surface area (Å²) < 4.78 is 5.44. The number of aromatic nitrogens is 1. The van der Waals surface area contributed by atoms with Crippen LogP contribution in [0.5, 0.6) is 5.75 Å². The smallest absolute Gasteiger partial charge is 0.272 e. The van der Waals surface area contributed by atoms with Crippen molar-refractivity contribution in [1.82, 2.24) is 4.98 Å². The lowest BCUT2D eigenvalue weighted by molar-refractivity contribution is -0.384. The van der Waals surface area contributed by atoms with Gasteiger partial charge in [0.05, 0.1) is 20.7 Å². The summed E-state index contributed by atoms with van der Waals surface area (Å²) in [5, 5.41) is 10.8. The minimum absolute atomic E-state index is 0.0631. The Morgan fingerprint density at radius 3 is 2.50 bits per heavy atom. The van der Waals surface area contributed by atoms with E-state index >= 15 is 0 Å². The minimum atomic E-state index is -0.582. The summed E-state index contributed by atoms with van der Waals surface area (Å²) in [6.45, 7) is 0.0995. The second kappa shape index (κ2) is 5.94. The molecule has 1 aromatic carbocycles. The molecule has 0 bridgehead atoms. The Morgan fingerprint density at radius 1 is 1.30 bits per heavy atom. The molecule has 0 fully saturated rings. The molecule has 20 heavy (non-hydrogen) atoms. The lowest BCUT2D eigenvalue weighted by Gasteiger charge is -2.09. The molecule has 0 aliphatic carbocycles. The molecule has 0 saturated carbocycles. The van der Waals surface area contributed by atoms with Crippen molar-refractivity contribution in [3.8, 4) is 5.75 Å². The molecular weight excluding hydrogens is 305 g/mol. The summed E-state index contributed by atoms with van der Waals surface area (Å²) in [6, 6.07) is 7.46. The van der Waals surface area contributed by atoms with E-state index in [0.717, 1.165) is 0 Å². The van der Waals surface area contributed by atoms with Crippen molar-refractivity contribution in [2.75, 3.05) is 5.73 Å². The van der Waals surface area contributed by atoms with Crippen LogP contribution < -0.4 is 10.5 Å². The molecule has 0 aliphatic rings. The topological polar surface area (TPSA) is 91.3 Å². The fraction of sp³-hybridized carbons (Fsp3) is 0.0833. The third-order valence-electron chi connectivity index (χ3n) is 2.39. The number of nitro groups is 1. The van der Waals surface area contributed by atoms with Gasteiger partial charge < -0.3 is 10.5 Å². The first-order valence-electron chi connectivity index (χ1n) is 5.45. The van der Waals surface area contributed by atoms with Crippen LogP contribution in [0.4, 0.5) is 11.5 Å². The van der Waals surface area contributed by atoms with Gasteiger partial charge in [-0.2, -0.15) is 0 Å². The molecule has 0 amide bonds. The van der Waals surface area contributed by atoms with Crippen molar-refractivity contribution in [3.05, 3.63) is 56.2 Å². The van der Waals surface area contributed by atoms with Crippen LogP contribution in [0.3, 0.4) is 0 Å². The van der Waals surface area contributed by atoms with E-state index in [1.54, 1.807) is 18.2 Å². The number of hydrogen-bond donors (Lipinski definition) is 1. The normalized spacial score (nSPS) is 10.3. The lowest BCUT2D eigenvalue weighted by Crippen LogP contribution is -2.01. The largest absolute Gasteiger partial charge is 0.484 e. The second-order valence-corrected chi connectivity index (χ2v) is 4.65. The van der Waals surface area contributed by atoms with Crippen LogP contribution in [-0.4, -0.2) is 9.91 Å². The standard InChI is InChI=1S/C12H9Cl2N3O3/c13-9-4-8(17(18)19)5-10(14)12(9)20-6-7-2-1-3-11(15)16-7/h1-5H,6H2,(H2,15,16). The van der Waals surface area contributed by atoms with E-state index < -0.39 is 4.92 Å². The Bertz CT molecular complexity index is 641. The number of ether oxygens (including phenoxy) is 1. The number of nitrogen functional groups attached to an aromatic ring is 1. The number of halogens is 2. The fourth-order valence-corrected chi connectivity index (χ4v) is 2.10. The summed E-state index contributed by atoms with van der Waals surface area (Å²) >= 11 is 11.8. The van der Waals surface area contributed by atoms with Crippen molar-refractivity contribution in [3.63, 3.8) is 0 Å². The number of non-ortho nitro benzene ring substituents is 1. The predicted octanol–water partition coefficient (Wildman–Crippen LogP) is 3.46. The van der Waals surface area contributed by atoms with Gasteiger partial charge in [0.2, 0.25) is 0 Å². The third kappa shape index (κ3) is 3.28. The maximum Gasteiger partial charge on any atom is 0.272 e. The molecular formula is C12H9Cl2N3O3. The highest BCUT2D eigenvalue weighted by Crippen LogP contribution is 2.37. The van der Waals surface area contributed by atoms with Crippen LogP contribution >= 0.6 is 23.2 Å². The Morgan fingerprint density at radius 2 is 1.95 bits per heavy atom. The average molecular weight is 314 g/mol. The van der Waals surface area contributed by atoms with Crippen molar-refractivity contribution in [1.29, 1.82) is 0 Å². The zero-order chi connectivity index (χ0) is 14.7. The van der Waals surface area contributed by atoms with E-state index in [9.17, 15) is 10.1 Å². The van der Waals surface area contributed by atoms with E-state index in [1.165, 1.54) is 12.1 Å². The molecule has 6 nitrogen and oxygen atoms in total. The number of anilines is 1. The van der Waals surface area contributed by atoms with Crippen LogP contribution in [0.25, 0.3) is 0 Å². The second-order valence-electron chi connectivity index (χ2n) is 3.84. The number of nitro benzene ring substituents is 1. The first kappa shape index (κ1) is 14.4. The Balaban J connectivity index is 2.20. The molecule has 2 N–H and O–H groups in total. The number of hydrogen-bond acceptors (Lipinski definition) is 5. The molecule has 2 aromatic rings. The zero-order valence-corrected chi connectivity index (χ0v) is 11.6. The summed E-state index contributed by atoms with van der Waals surface area (Å²) in [5.74, 6) is 0.537. The van der Waals surface area contributed by atoms with E-state index in [2.05, 4.69) is 4.98 Å². The van der Waals surface area contributed by atoms with Gasteiger partial charge in [0, 0.05) is 12.1 Å². The third-order valence-corrected chi connectivity index (χ3v) is 2.95. The monoisotopic (exact) mass is 313 g/mol. The van der Waals surface area contributed by atoms with Crippen LogP contribution in [0.1, 0.15) is 5.69 Å². The fourth-order valence-electron chi connectivity index (χ4n) is 1.51. The minimum Gasteiger partial charge on any atom is -0.484 e. The van der Waals surface area contributed by atoms with E-state index in [4.69, 9.17) is 33.7 Å². The molecule has 0 atom stereocenters. The van der Waals surface area contributed by atoms with Crippen molar-refractivity contribution >= 4 is 34.7 Å². The number of benzene rings is 1. The maximum absolute atomic E-state index is 10.7. The van der Waals surface area contributed by atoms with Gasteiger partial charge in [0.15, 0.2) is 5.75 Å². The highest BCUT2D eigenvalue weighted by molar-refractivity contribution is 6.37. The van der Waals surface area contributed by atoms with Gasteiger partial charge in [-0.3, -0.25) is 10.1 Å². The van der Waals surface area contributed by atoms with Crippen LogP contribution in [-0.2, 0) is 6.61 Å². The van der Waals surface area contributed by atoms with Crippen LogP contribution in [0.2, 0.25) is 10.0 Å². The van der Waals surface area contributed by atoms with Gasteiger partial charge in [0.1, 0.15) is 12.4 Å². The molecule has 1 heterocycles. The summed E-state index contributed by atoms with van der Waals surface area (Å²) in [4.78, 5) is 14.1. The highest BCUT2D eigenvalue weighted by atomic mass is 35.5. The SMILES string of the molecule is Nc1cccc(COc2c(Cl)cc([N+](=O)[O-])cc2Cl)n1. The number of nitrogens with zero attached hydrogens (tertiary/aromatic N) is 2. The molecule has 0 radical (unpaired) electrons. The van der Waals surface area contributed by atoms with Gasteiger partial charge in [-0.15, -0.1) is 0 Å².